The maximum Gasteiger partial charge on any atom is 0.309 e. The summed E-state index contributed by atoms with van der Waals surface area (Å²) < 4.78 is 11.7. The highest BCUT2D eigenvalue weighted by molar-refractivity contribution is 6.33. The van der Waals surface area contributed by atoms with Gasteiger partial charge in [-0.1, -0.05) is 31.0 Å². The molecule has 0 saturated carbocycles. The van der Waals surface area contributed by atoms with Crippen LogP contribution in [0.4, 0.5) is 0 Å². The Kier molecular flexibility index (Phi) is 7.18. The van der Waals surface area contributed by atoms with E-state index in [-0.39, 0.29) is 5.92 Å². The molecule has 29 heavy (non-hydrogen) atoms. The Morgan fingerprint density at radius 2 is 2.03 bits per heavy atom. The number of nitrogens with one attached hydrogen (secondary N) is 1. The van der Waals surface area contributed by atoms with Crippen LogP contribution in [0.2, 0.25) is 5.02 Å². The van der Waals surface area contributed by atoms with E-state index in [0.717, 1.165) is 53.1 Å². The summed E-state index contributed by atoms with van der Waals surface area (Å²) in [5.41, 5.74) is 2.89. The van der Waals surface area contributed by atoms with Gasteiger partial charge in [0, 0.05) is 24.0 Å². The molecule has 2 aromatic carbocycles. The van der Waals surface area contributed by atoms with Gasteiger partial charge >= 0.3 is 5.97 Å². The summed E-state index contributed by atoms with van der Waals surface area (Å²) in [5.74, 6) is 0.868. The highest BCUT2D eigenvalue weighted by Crippen LogP contribution is 2.34. The van der Waals surface area contributed by atoms with E-state index in [1.807, 2.05) is 49.4 Å². The monoisotopic (exact) mass is 415 g/mol. The first-order valence-electron chi connectivity index (χ1n) is 9.84. The van der Waals surface area contributed by atoms with Crippen molar-refractivity contribution in [3.05, 3.63) is 53.1 Å². The van der Waals surface area contributed by atoms with Crippen LogP contribution in [0.1, 0.15) is 25.3 Å². The van der Waals surface area contributed by atoms with Gasteiger partial charge in [-0.15, -0.1) is 0 Å². The fourth-order valence-corrected chi connectivity index (χ4v) is 3.19. The Bertz CT molecular complexity index is 978. The Labute approximate surface area is 175 Å². The van der Waals surface area contributed by atoms with Gasteiger partial charge in [-0.05, 0) is 55.3 Å². The van der Waals surface area contributed by atoms with E-state index in [4.69, 9.17) is 25.9 Å². The second-order valence-corrected chi connectivity index (χ2v) is 7.60. The van der Waals surface area contributed by atoms with Gasteiger partial charge in [0.2, 0.25) is 0 Å². The molecule has 1 aromatic heterocycles. The van der Waals surface area contributed by atoms with E-state index in [2.05, 4.69) is 12.2 Å². The van der Waals surface area contributed by atoms with Crippen LogP contribution < -0.4 is 10.1 Å². The van der Waals surface area contributed by atoms with Crippen molar-refractivity contribution in [1.29, 1.82) is 0 Å². The Morgan fingerprint density at radius 1 is 1.24 bits per heavy atom. The zero-order valence-corrected chi connectivity index (χ0v) is 17.5. The number of fused-ring (bicyclic) bond motifs is 1. The molecule has 0 atom stereocenters. The molecule has 2 heterocycles. The number of aryl methyl sites for hydroxylation is 1. The summed E-state index contributed by atoms with van der Waals surface area (Å²) in [6.45, 7) is 6.22. The number of aliphatic carboxylic acids is 1. The molecule has 1 saturated heterocycles. The van der Waals surface area contributed by atoms with Crippen molar-refractivity contribution in [2.24, 2.45) is 5.92 Å². The highest BCUT2D eigenvalue weighted by Gasteiger charge is 2.23. The van der Waals surface area contributed by atoms with Gasteiger partial charge in [0.05, 0.1) is 17.5 Å². The molecule has 0 spiro atoms. The van der Waals surface area contributed by atoms with Gasteiger partial charge < -0.3 is 19.6 Å². The quantitative estimate of drug-likeness (QED) is 0.518. The van der Waals surface area contributed by atoms with Crippen LogP contribution in [0.3, 0.4) is 0 Å². The summed E-state index contributed by atoms with van der Waals surface area (Å²) in [4.78, 5) is 9.94. The lowest BCUT2D eigenvalue weighted by molar-refractivity contribution is -0.143. The van der Waals surface area contributed by atoms with Crippen molar-refractivity contribution in [1.82, 2.24) is 5.32 Å². The van der Waals surface area contributed by atoms with E-state index in [9.17, 15) is 4.79 Å². The molecular weight excluding hydrogens is 390 g/mol. The van der Waals surface area contributed by atoms with Crippen molar-refractivity contribution < 1.29 is 19.1 Å². The molecule has 0 aliphatic carbocycles. The molecule has 2 N–H and O–H groups in total. The minimum absolute atomic E-state index is 0.111. The van der Waals surface area contributed by atoms with Crippen molar-refractivity contribution in [2.45, 2.75) is 26.7 Å². The molecule has 3 aromatic rings. The molecular formula is C23H26ClNO4. The Morgan fingerprint density at radius 3 is 2.62 bits per heavy atom. The highest BCUT2D eigenvalue weighted by atomic mass is 35.5. The number of furan rings is 1. The second kappa shape index (κ2) is 9.81. The Balaban J connectivity index is 0.000000290. The van der Waals surface area contributed by atoms with Crippen LogP contribution in [-0.2, 0) is 4.79 Å². The van der Waals surface area contributed by atoms with E-state index < -0.39 is 5.97 Å². The first-order valence-corrected chi connectivity index (χ1v) is 10.2. The molecule has 1 fully saturated rings. The summed E-state index contributed by atoms with van der Waals surface area (Å²) in [5, 5.41) is 12.8. The lowest BCUT2D eigenvalue weighted by Crippen LogP contribution is -2.46. The largest absolute Gasteiger partial charge is 0.494 e. The number of unbranched alkanes of at least 4 members (excludes halogenated alkanes) is 1. The molecule has 5 nitrogen and oxygen atoms in total. The summed E-state index contributed by atoms with van der Waals surface area (Å²) in [6, 6.07) is 13.9. The predicted octanol–water partition coefficient (Wildman–Crippen LogP) is 5.53. The van der Waals surface area contributed by atoms with Crippen LogP contribution in [-0.4, -0.2) is 30.8 Å². The molecule has 4 rings (SSSR count). The van der Waals surface area contributed by atoms with Gasteiger partial charge in [-0.25, -0.2) is 0 Å². The number of carbonyl (C=O) groups is 1. The van der Waals surface area contributed by atoms with E-state index in [0.29, 0.717) is 18.1 Å². The lowest BCUT2D eigenvalue weighted by atomic mass is 10.1. The van der Waals surface area contributed by atoms with Crippen LogP contribution >= 0.6 is 11.6 Å². The van der Waals surface area contributed by atoms with Gasteiger partial charge in [0.25, 0.3) is 0 Å². The number of benzene rings is 2. The number of hydrogen-bond donors (Lipinski definition) is 2. The number of carboxylic acid groups (broad SMARTS) is 1. The molecule has 1 aliphatic heterocycles. The summed E-state index contributed by atoms with van der Waals surface area (Å²) in [7, 11) is 0. The van der Waals surface area contributed by atoms with Crippen LogP contribution in [0.25, 0.3) is 22.3 Å². The van der Waals surface area contributed by atoms with Gasteiger partial charge in [0.15, 0.2) is 0 Å². The number of halogens is 1. The molecule has 0 bridgehead atoms. The van der Waals surface area contributed by atoms with Crippen LogP contribution in [0.15, 0.2) is 46.9 Å². The SMILES string of the molecule is CCCCOc1ccc2oc(-c3ccc(C)cc3Cl)cc2c1.O=C(O)C1CNC1. The number of ether oxygens (including phenoxy) is 1. The third-order valence-electron chi connectivity index (χ3n) is 4.78. The van der Waals surface area contributed by atoms with E-state index >= 15 is 0 Å². The molecule has 154 valence electrons. The van der Waals surface area contributed by atoms with Crippen molar-refractivity contribution in [2.75, 3.05) is 19.7 Å². The second-order valence-electron chi connectivity index (χ2n) is 7.19. The third kappa shape index (κ3) is 5.52. The van der Waals surface area contributed by atoms with E-state index in [1.165, 1.54) is 0 Å². The molecule has 0 radical (unpaired) electrons. The first-order chi connectivity index (χ1) is 14.0. The smallest absolute Gasteiger partial charge is 0.309 e. The zero-order chi connectivity index (χ0) is 20.8. The van der Waals surface area contributed by atoms with Gasteiger partial charge in [0.1, 0.15) is 17.1 Å². The average molecular weight is 416 g/mol. The minimum Gasteiger partial charge on any atom is -0.494 e. The molecule has 0 amide bonds. The lowest BCUT2D eigenvalue weighted by Gasteiger charge is -2.21. The molecule has 0 unspecified atom stereocenters. The van der Waals surface area contributed by atoms with Crippen LogP contribution in [0.5, 0.6) is 5.75 Å². The number of carboxylic acids is 1. The van der Waals surface area contributed by atoms with Gasteiger partial charge in [-0.3, -0.25) is 4.79 Å². The molecule has 1 aliphatic rings. The predicted molar refractivity (Wildman–Crippen MR) is 116 cm³/mol. The fraction of sp³-hybridized carbons (Fsp3) is 0.348. The normalized spacial score (nSPS) is 13.5. The maximum atomic E-state index is 9.94. The zero-order valence-electron chi connectivity index (χ0n) is 16.7. The van der Waals surface area contributed by atoms with Crippen molar-refractivity contribution in [3.63, 3.8) is 0 Å². The number of rotatable bonds is 6. The van der Waals surface area contributed by atoms with Crippen LogP contribution in [0, 0.1) is 12.8 Å². The topological polar surface area (TPSA) is 71.7 Å². The summed E-state index contributed by atoms with van der Waals surface area (Å²) >= 11 is 6.32. The number of hydrogen-bond acceptors (Lipinski definition) is 4. The fourth-order valence-electron chi connectivity index (χ4n) is 2.86. The first kappa shape index (κ1) is 21.2. The van der Waals surface area contributed by atoms with Crippen molar-refractivity contribution in [3.8, 4) is 17.1 Å². The Hall–Kier alpha value is -2.50. The van der Waals surface area contributed by atoms with Crippen molar-refractivity contribution >= 4 is 28.5 Å². The summed E-state index contributed by atoms with van der Waals surface area (Å²) in [6.07, 6.45) is 2.19. The molecule has 6 heteroatoms. The van der Waals surface area contributed by atoms with E-state index in [1.54, 1.807) is 0 Å². The standard InChI is InChI=1S/C19H19ClO2.C4H7NO2/c1-3-4-9-21-15-6-8-18-14(11-15)12-19(22-18)16-7-5-13(2)10-17(16)20;6-4(7)3-1-5-2-3/h5-8,10-12H,3-4,9H2,1-2H3;3,5H,1-2H2,(H,6,7). The average Bonchev–Trinajstić information content (AvgIpc) is 3.03. The minimum atomic E-state index is -0.682. The maximum absolute atomic E-state index is 9.94. The third-order valence-corrected chi connectivity index (χ3v) is 5.09. The van der Waals surface area contributed by atoms with Gasteiger partial charge in [-0.2, -0.15) is 0 Å².